The molecular formula is C18H25N7O. The first-order valence-corrected chi connectivity index (χ1v) is 9.35. The maximum atomic E-state index is 5.77. The van der Waals surface area contributed by atoms with Gasteiger partial charge in [0.2, 0.25) is 11.9 Å². The minimum atomic E-state index is 0.598. The zero-order valence-electron chi connectivity index (χ0n) is 15.0. The van der Waals surface area contributed by atoms with Crippen LogP contribution in [0.5, 0.6) is 0 Å². The fourth-order valence-electron chi connectivity index (χ4n) is 3.32. The molecule has 0 radical (unpaired) electrons. The Hall–Kier alpha value is -2.48. The highest BCUT2D eigenvalue weighted by Crippen LogP contribution is 2.23. The Morgan fingerprint density at radius 2 is 1.46 bits per heavy atom. The zero-order valence-corrected chi connectivity index (χ0v) is 15.0. The fourth-order valence-corrected chi connectivity index (χ4v) is 3.32. The molecule has 0 spiro atoms. The maximum Gasteiger partial charge on any atom is 0.230 e. The van der Waals surface area contributed by atoms with Gasteiger partial charge in [0, 0.05) is 26.2 Å². The van der Waals surface area contributed by atoms with Crippen molar-refractivity contribution in [3.05, 3.63) is 18.3 Å². The molecular weight excluding hydrogens is 330 g/mol. The number of morpholine rings is 1. The number of aromatic nitrogens is 4. The van der Waals surface area contributed by atoms with E-state index in [0.717, 1.165) is 32.1 Å². The summed E-state index contributed by atoms with van der Waals surface area (Å²) < 4.78 is 5.46. The van der Waals surface area contributed by atoms with E-state index in [9.17, 15) is 0 Å². The number of anilines is 3. The van der Waals surface area contributed by atoms with Gasteiger partial charge in [-0.1, -0.05) is 12.8 Å². The molecule has 0 aliphatic carbocycles. The Labute approximate surface area is 153 Å². The Kier molecular flexibility index (Phi) is 5.10. The molecule has 2 saturated heterocycles. The van der Waals surface area contributed by atoms with Crippen LogP contribution in [0.3, 0.4) is 0 Å². The van der Waals surface area contributed by atoms with Crippen molar-refractivity contribution < 1.29 is 4.74 Å². The predicted octanol–water partition coefficient (Wildman–Crippen LogP) is 1.73. The van der Waals surface area contributed by atoms with Crippen LogP contribution in [-0.2, 0) is 4.74 Å². The SMILES string of the molecule is Nc1ccc(-c2nc(N3CCCCCC3)nc(N3CCOCC3)n2)nc1. The van der Waals surface area contributed by atoms with Crippen molar-refractivity contribution in [1.29, 1.82) is 0 Å². The van der Waals surface area contributed by atoms with Gasteiger partial charge in [0.05, 0.1) is 25.1 Å². The average molecular weight is 355 g/mol. The Morgan fingerprint density at radius 3 is 2.08 bits per heavy atom. The number of ether oxygens (including phenoxy) is 1. The second-order valence-corrected chi connectivity index (χ2v) is 6.74. The third-order valence-corrected chi connectivity index (χ3v) is 4.81. The summed E-state index contributed by atoms with van der Waals surface area (Å²) in [6.07, 6.45) is 6.52. The smallest absolute Gasteiger partial charge is 0.230 e. The van der Waals surface area contributed by atoms with E-state index in [2.05, 4.69) is 14.8 Å². The molecule has 8 nitrogen and oxygen atoms in total. The van der Waals surface area contributed by atoms with E-state index in [4.69, 9.17) is 25.4 Å². The van der Waals surface area contributed by atoms with Crippen molar-refractivity contribution in [3.63, 3.8) is 0 Å². The van der Waals surface area contributed by atoms with Crippen LogP contribution < -0.4 is 15.5 Å². The summed E-state index contributed by atoms with van der Waals surface area (Å²) in [5.74, 6) is 2.05. The number of nitrogen functional groups attached to an aromatic ring is 1. The van der Waals surface area contributed by atoms with Gasteiger partial charge in [-0.15, -0.1) is 0 Å². The Balaban J connectivity index is 1.71. The van der Waals surface area contributed by atoms with Crippen molar-refractivity contribution in [2.45, 2.75) is 25.7 Å². The topological polar surface area (TPSA) is 93.3 Å². The van der Waals surface area contributed by atoms with E-state index in [1.165, 1.54) is 25.7 Å². The van der Waals surface area contributed by atoms with Gasteiger partial charge in [-0.05, 0) is 25.0 Å². The van der Waals surface area contributed by atoms with Gasteiger partial charge in [-0.2, -0.15) is 15.0 Å². The lowest BCUT2D eigenvalue weighted by Gasteiger charge is -2.28. The van der Waals surface area contributed by atoms with Crippen LogP contribution in [0.4, 0.5) is 17.6 Å². The molecule has 4 heterocycles. The number of nitrogens with two attached hydrogens (primary N) is 1. The van der Waals surface area contributed by atoms with Crippen molar-refractivity contribution in [2.24, 2.45) is 0 Å². The maximum absolute atomic E-state index is 5.77. The Morgan fingerprint density at radius 1 is 0.808 bits per heavy atom. The molecule has 2 N–H and O–H groups in total. The van der Waals surface area contributed by atoms with Gasteiger partial charge < -0.3 is 20.3 Å². The molecule has 26 heavy (non-hydrogen) atoms. The van der Waals surface area contributed by atoms with Crippen LogP contribution in [-0.4, -0.2) is 59.3 Å². The van der Waals surface area contributed by atoms with Crippen LogP contribution in [0.2, 0.25) is 0 Å². The number of nitrogens with zero attached hydrogens (tertiary/aromatic N) is 6. The van der Waals surface area contributed by atoms with Crippen LogP contribution in [0.15, 0.2) is 18.3 Å². The lowest BCUT2D eigenvalue weighted by atomic mass is 10.2. The summed E-state index contributed by atoms with van der Waals surface area (Å²) in [5, 5.41) is 0. The molecule has 0 bridgehead atoms. The van der Waals surface area contributed by atoms with Crippen molar-refractivity contribution in [1.82, 2.24) is 19.9 Å². The monoisotopic (exact) mass is 355 g/mol. The van der Waals surface area contributed by atoms with Gasteiger partial charge in [0.15, 0.2) is 5.82 Å². The summed E-state index contributed by atoms with van der Waals surface area (Å²) in [6, 6.07) is 3.69. The van der Waals surface area contributed by atoms with Gasteiger partial charge >= 0.3 is 0 Å². The molecule has 0 saturated carbocycles. The van der Waals surface area contributed by atoms with Crippen molar-refractivity contribution in [2.75, 3.05) is 54.9 Å². The second kappa shape index (κ2) is 7.82. The van der Waals surface area contributed by atoms with Crippen LogP contribution in [0.25, 0.3) is 11.5 Å². The Bertz CT molecular complexity index is 723. The molecule has 0 atom stereocenters. The number of hydrogen-bond donors (Lipinski definition) is 1. The number of rotatable bonds is 3. The molecule has 2 aliphatic heterocycles. The minimum absolute atomic E-state index is 0.598. The van der Waals surface area contributed by atoms with Crippen molar-refractivity contribution >= 4 is 17.6 Å². The molecule has 2 aromatic heterocycles. The van der Waals surface area contributed by atoms with Gasteiger partial charge in [0.25, 0.3) is 0 Å². The van der Waals surface area contributed by atoms with E-state index in [1.54, 1.807) is 6.20 Å². The minimum Gasteiger partial charge on any atom is -0.397 e. The molecule has 2 fully saturated rings. The van der Waals surface area contributed by atoms with E-state index >= 15 is 0 Å². The molecule has 138 valence electrons. The number of hydrogen-bond acceptors (Lipinski definition) is 8. The van der Waals surface area contributed by atoms with Crippen molar-refractivity contribution in [3.8, 4) is 11.5 Å². The van der Waals surface area contributed by atoms with Gasteiger partial charge in [-0.25, -0.2) is 0 Å². The van der Waals surface area contributed by atoms with Crippen LogP contribution in [0, 0.1) is 0 Å². The highest BCUT2D eigenvalue weighted by atomic mass is 16.5. The first-order valence-electron chi connectivity index (χ1n) is 9.35. The summed E-state index contributed by atoms with van der Waals surface area (Å²) in [4.78, 5) is 23.1. The summed E-state index contributed by atoms with van der Waals surface area (Å²) in [5.41, 5.74) is 7.11. The molecule has 0 aromatic carbocycles. The normalized spacial score (nSPS) is 18.6. The third-order valence-electron chi connectivity index (χ3n) is 4.81. The highest BCUT2D eigenvalue weighted by Gasteiger charge is 2.20. The van der Waals surface area contributed by atoms with Crippen LogP contribution >= 0.6 is 0 Å². The molecule has 0 unspecified atom stereocenters. The molecule has 0 amide bonds. The lowest BCUT2D eigenvalue weighted by molar-refractivity contribution is 0.122. The first-order chi connectivity index (χ1) is 12.8. The number of pyridine rings is 1. The van der Waals surface area contributed by atoms with E-state index in [1.807, 2.05) is 12.1 Å². The highest BCUT2D eigenvalue weighted by molar-refractivity contribution is 5.56. The van der Waals surface area contributed by atoms with E-state index < -0.39 is 0 Å². The molecule has 8 heteroatoms. The second-order valence-electron chi connectivity index (χ2n) is 6.74. The van der Waals surface area contributed by atoms with Crippen LogP contribution in [0.1, 0.15) is 25.7 Å². The third kappa shape index (κ3) is 3.85. The van der Waals surface area contributed by atoms with E-state index in [-0.39, 0.29) is 0 Å². The molecule has 2 aliphatic rings. The average Bonchev–Trinajstić information content (AvgIpc) is 2.98. The fraction of sp³-hybridized carbons (Fsp3) is 0.556. The zero-order chi connectivity index (χ0) is 17.8. The predicted molar refractivity (Wildman–Crippen MR) is 101 cm³/mol. The summed E-state index contributed by atoms with van der Waals surface area (Å²) >= 11 is 0. The lowest BCUT2D eigenvalue weighted by Crippen LogP contribution is -2.38. The first kappa shape index (κ1) is 17.0. The van der Waals surface area contributed by atoms with Gasteiger partial charge in [-0.3, -0.25) is 4.98 Å². The standard InChI is InChI=1S/C18H25N7O/c19-14-5-6-15(20-13-14)16-21-17(24-7-3-1-2-4-8-24)23-18(22-16)25-9-11-26-12-10-25/h5-6,13H,1-4,7-12,19H2. The van der Waals surface area contributed by atoms with Gasteiger partial charge in [0.1, 0.15) is 5.69 Å². The molecule has 4 rings (SSSR count). The quantitative estimate of drug-likeness (QED) is 0.890. The van der Waals surface area contributed by atoms with E-state index in [0.29, 0.717) is 36.4 Å². The summed E-state index contributed by atoms with van der Waals surface area (Å²) in [6.45, 7) is 4.94. The largest absolute Gasteiger partial charge is 0.397 e. The summed E-state index contributed by atoms with van der Waals surface area (Å²) in [7, 11) is 0. The molecule has 2 aromatic rings.